The van der Waals surface area contributed by atoms with Gasteiger partial charge in [0.25, 0.3) is 0 Å². The summed E-state index contributed by atoms with van der Waals surface area (Å²) in [5.74, 6) is -0.436. The van der Waals surface area contributed by atoms with Gasteiger partial charge in [-0.2, -0.15) is 0 Å². The molecule has 1 unspecified atom stereocenters. The number of para-hydroxylation sites is 1. The molecule has 1 amide bonds. The molecule has 108 valence electrons. The predicted octanol–water partition coefficient (Wildman–Crippen LogP) is 2.84. The molecule has 0 radical (unpaired) electrons. The van der Waals surface area contributed by atoms with E-state index in [0.29, 0.717) is 17.3 Å². The summed E-state index contributed by atoms with van der Waals surface area (Å²) in [4.78, 5) is 13.6. The Labute approximate surface area is 124 Å². The van der Waals surface area contributed by atoms with E-state index in [1.807, 2.05) is 6.07 Å². The zero-order chi connectivity index (χ0) is 15.0. The summed E-state index contributed by atoms with van der Waals surface area (Å²) in [6, 6.07) is 13.8. The molecule has 1 aliphatic heterocycles. The number of nitrogens with zero attached hydrogens (tertiary/aromatic N) is 1. The number of primary amides is 1. The van der Waals surface area contributed by atoms with Gasteiger partial charge in [0.2, 0.25) is 5.91 Å². The minimum absolute atomic E-state index is 0.324. The molecule has 0 fully saturated rings. The number of anilines is 3. The number of hydrogen-bond donors (Lipinski definition) is 2. The van der Waals surface area contributed by atoms with Gasteiger partial charge in [0.1, 0.15) is 0 Å². The second-order valence-corrected chi connectivity index (χ2v) is 5.52. The van der Waals surface area contributed by atoms with Gasteiger partial charge in [0.05, 0.1) is 11.4 Å². The van der Waals surface area contributed by atoms with Crippen LogP contribution in [0.1, 0.15) is 29.3 Å². The maximum atomic E-state index is 11.4. The number of benzene rings is 2. The van der Waals surface area contributed by atoms with Crippen molar-refractivity contribution in [2.45, 2.75) is 25.8 Å². The highest BCUT2D eigenvalue weighted by Gasteiger charge is 2.25. The van der Waals surface area contributed by atoms with Crippen LogP contribution in [0.25, 0.3) is 0 Å². The summed E-state index contributed by atoms with van der Waals surface area (Å²) >= 11 is 0. The largest absolute Gasteiger partial charge is 0.397 e. The van der Waals surface area contributed by atoms with E-state index >= 15 is 0 Å². The van der Waals surface area contributed by atoms with E-state index in [9.17, 15) is 4.79 Å². The number of aryl methyl sites for hydroxylation is 1. The molecule has 4 N–H and O–H groups in total. The second kappa shape index (κ2) is 5.13. The van der Waals surface area contributed by atoms with Crippen molar-refractivity contribution in [3.05, 3.63) is 53.6 Å². The van der Waals surface area contributed by atoms with Crippen molar-refractivity contribution in [1.82, 2.24) is 0 Å². The van der Waals surface area contributed by atoms with E-state index in [-0.39, 0.29) is 0 Å². The van der Waals surface area contributed by atoms with Crippen molar-refractivity contribution in [3.8, 4) is 0 Å². The van der Waals surface area contributed by atoms with Crippen LogP contribution in [-0.4, -0.2) is 11.9 Å². The third-order valence-electron chi connectivity index (χ3n) is 4.10. The molecule has 1 heterocycles. The first-order valence-corrected chi connectivity index (χ1v) is 7.14. The van der Waals surface area contributed by atoms with E-state index < -0.39 is 5.91 Å². The highest BCUT2D eigenvalue weighted by Crippen LogP contribution is 2.39. The fourth-order valence-corrected chi connectivity index (χ4v) is 2.96. The number of hydrogen-bond acceptors (Lipinski definition) is 3. The topological polar surface area (TPSA) is 72.3 Å². The van der Waals surface area contributed by atoms with Gasteiger partial charge in [-0.05, 0) is 49.6 Å². The lowest BCUT2D eigenvalue weighted by Gasteiger charge is -2.37. The van der Waals surface area contributed by atoms with E-state index in [4.69, 9.17) is 11.5 Å². The summed E-state index contributed by atoms with van der Waals surface area (Å²) in [7, 11) is 0. The first kappa shape index (κ1) is 13.5. The highest BCUT2D eigenvalue weighted by atomic mass is 16.1. The van der Waals surface area contributed by atoms with E-state index in [1.54, 1.807) is 18.2 Å². The van der Waals surface area contributed by atoms with Crippen LogP contribution < -0.4 is 16.4 Å². The Hall–Kier alpha value is -2.49. The Morgan fingerprint density at radius 2 is 1.95 bits per heavy atom. The molecule has 0 saturated heterocycles. The number of rotatable bonds is 2. The minimum Gasteiger partial charge on any atom is -0.397 e. The maximum Gasteiger partial charge on any atom is 0.248 e. The Morgan fingerprint density at radius 3 is 2.71 bits per heavy atom. The second-order valence-electron chi connectivity index (χ2n) is 5.52. The zero-order valence-corrected chi connectivity index (χ0v) is 12.0. The molecule has 0 spiro atoms. The van der Waals surface area contributed by atoms with Crippen molar-refractivity contribution < 1.29 is 4.79 Å². The summed E-state index contributed by atoms with van der Waals surface area (Å²) in [6.07, 6.45) is 2.11. The number of nitrogen functional groups attached to an aromatic ring is 1. The first-order valence-electron chi connectivity index (χ1n) is 7.14. The number of carbonyl (C=O) groups excluding carboxylic acids is 1. The van der Waals surface area contributed by atoms with Gasteiger partial charge in [-0.25, -0.2) is 0 Å². The highest BCUT2D eigenvalue weighted by molar-refractivity contribution is 5.95. The fourth-order valence-electron chi connectivity index (χ4n) is 2.96. The Bertz CT molecular complexity index is 696. The maximum absolute atomic E-state index is 11.4. The van der Waals surface area contributed by atoms with Crippen LogP contribution in [0.3, 0.4) is 0 Å². The van der Waals surface area contributed by atoms with Gasteiger partial charge >= 0.3 is 0 Å². The summed E-state index contributed by atoms with van der Waals surface area (Å²) in [6.45, 7) is 2.17. The SMILES string of the molecule is CC1CCc2ccccc2N1c1cc(C(N)=O)ccc1N. The third-order valence-corrected chi connectivity index (χ3v) is 4.10. The molecule has 1 atom stereocenters. The smallest absolute Gasteiger partial charge is 0.248 e. The van der Waals surface area contributed by atoms with Crippen LogP contribution in [0, 0.1) is 0 Å². The van der Waals surface area contributed by atoms with Gasteiger partial charge in [-0.3, -0.25) is 4.79 Å². The lowest BCUT2D eigenvalue weighted by atomic mass is 9.95. The lowest BCUT2D eigenvalue weighted by Crippen LogP contribution is -2.33. The van der Waals surface area contributed by atoms with E-state index in [0.717, 1.165) is 24.2 Å². The molecule has 0 aliphatic carbocycles. The minimum atomic E-state index is -0.436. The van der Waals surface area contributed by atoms with Crippen LogP contribution in [0.15, 0.2) is 42.5 Å². The van der Waals surface area contributed by atoms with Crippen LogP contribution in [0.5, 0.6) is 0 Å². The summed E-state index contributed by atoms with van der Waals surface area (Å²) in [5, 5.41) is 0. The van der Waals surface area contributed by atoms with Crippen LogP contribution in [0.2, 0.25) is 0 Å². The molecule has 4 heteroatoms. The van der Waals surface area contributed by atoms with Crippen molar-refractivity contribution in [2.24, 2.45) is 5.73 Å². The van der Waals surface area contributed by atoms with E-state index in [2.05, 4.69) is 30.0 Å². The molecule has 0 saturated carbocycles. The number of nitrogens with two attached hydrogens (primary N) is 2. The number of carbonyl (C=O) groups is 1. The molecule has 1 aliphatic rings. The molecule has 2 aromatic rings. The van der Waals surface area contributed by atoms with Crippen LogP contribution >= 0.6 is 0 Å². The van der Waals surface area contributed by atoms with Crippen molar-refractivity contribution in [3.63, 3.8) is 0 Å². The van der Waals surface area contributed by atoms with Gasteiger partial charge in [0.15, 0.2) is 0 Å². The Kier molecular flexibility index (Phi) is 3.29. The van der Waals surface area contributed by atoms with Crippen LogP contribution in [-0.2, 0) is 6.42 Å². The van der Waals surface area contributed by atoms with Crippen molar-refractivity contribution in [2.75, 3.05) is 10.6 Å². The Morgan fingerprint density at radius 1 is 1.19 bits per heavy atom. The normalized spacial score (nSPS) is 17.4. The summed E-state index contributed by atoms with van der Waals surface area (Å²) < 4.78 is 0. The standard InChI is InChI=1S/C17H19N3O/c1-11-6-7-12-4-2-3-5-15(12)20(11)16-10-13(17(19)21)8-9-14(16)18/h2-5,8-11H,6-7,18H2,1H3,(H2,19,21). The molecule has 21 heavy (non-hydrogen) atoms. The Balaban J connectivity index is 2.15. The quantitative estimate of drug-likeness (QED) is 0.831. The molecular weight excluding hydrogens is 262 g/mol. The molecule has 3 rings (SSSR count). The summed E-state index contributed by atoms with van der Waals surface area (Å²) in [5.41, 5.74) is 16.0. The average molecular weight is 281 g/mol. The average Bonchev–Trinajstić information content (AvgIpc) is 2.48. The fraction of sp³-hybridized carbons (Fsp3) is 0.235. The predicted molar refractivity (Wildman–Crippen MR) is 85.7 cm³/mol. The lowest BCUT2D eigenvalue weighted by molar-refractivity contribution is 0.100. The van der Waals surface area contributed by atoms with Crippen LogP contribution in [0.4, 0.5) is 17.1 Å². The number of fused-ring (bicyclic) bond motifs is 1. The molecular formula is C17H19N3O. The van der Waals surface area contributed by atoms with Gasteiger partial charge < -0.3 is 16.4 Å². The van der Waals surface area contributed by atoms with Gasteiger partial charge in [0, 0.05) is 17.3 Å². The monoisotopic (exact) mass is 281 g/mol. The molecule has 0 bridgehead atoms. The van der Waals surface area contributed by atoms with E-state index in [1.165, 1.54) is 5.56 Å². The van der Waals surface area contributed by atoms with Crippen molar-refractivity contribution >= 4 is 23.0 Å². The van der Waals surface area contributed by atoms with Gasteiger partial charge in [-0.15, -0.1) is 0 Å². The first-order chi connectivity index (χ1) is 10.1. The molecule has 4 nitrogen and oxygen atoms in total. The zero-order valence-electron chi connectivity index (χ0n) is 12.0. The van der Waals surface area contributed by atoms with Gasteiger partial charge in [-0.1, -0.05) is 18.2 Å². The molecule has 0 aromatic heterocycles. The van der Waals surface area contributed by atoms with Crippen molar-refractivity contribution in [1.29, 1.82) is 0 Å². The number of amides is 1. The molecule has 2 aromatic carbocycles. The third kappa shape index (κ3) is 2.33.